The Kier molecular flexibility index (Phi) is 13.8. The molecule has 0 saturated heterocycles. The van der Waals surface area contributed by atoms with Crippen LogP contribution >= 0.6 is 12.2 Å². The van der Waals surface area contributed by atoms with Crippen molar-refractivity contribution in [1.29, 1.82) is 0 Å². The van der Waals surface area contributed by atoms with Gasteiger partial charge >= 0.3 is 0 Å². The van der Waals surface area contributed by atoms with Gasteiger partial charge in [-0.1, -0.05) is 28.9 Å². The first kappa shape index (κ1) is 21.9. The highest BCUT2D eigenvalue weighted by Crippen LogP contribution is 2.11. The third kappa shape index (κ3) is 15.5. The summed E-state index contributed by atoms with van der Waals surface area (Å²) in [6.07, 6.45) is 11.2. The van der Waals surface area contributed by atoms with Gasteiger partial charge in [-0.05, 0) is 71.7 Å². The molecule has 0 rings (SSSR count). The maximum Gasteiger partial charge on any atom is 0.257 e. The van der Waals surface area contributed by atoms with E-state index in [1.165, 1.54) is 16.7 Å². The number of hydrogen-bond acceptors (Lipinski definition) is 3. The second-order valence-electron chi connectivity index (χ2n) is 5.98. The first-order valence-electron chi connectivity index (χ1n) is 8.30. The number of rotatable bonds is 11. The van der Waals surface area contributed by atoms with Gasteiger partial charge in [0.2, 0.25) is 0 Å². The van der Waals surface area contributed by atoms with Gasteiger partial charge in [-0.15, -0.1) is 0 Å². The van der Waals surface area contributed by atoms with Crippen molar-refractivity contribution >= 4 is 17.4 Å². The minimum atomic E-state index is 0.432. The predicted molar refractivity (Wildman–Crippen MR) is 104 cm³/mol. The second kappa shape index (κ2) is 14.5. The van der Waals surface area contributed by atoms with E-state index < -0.39 is 0 Å². The highest BCUT2D eigenvalue weighted by Gasteiger charge is 1.95. The highest BCUT2D eigenvalue weighted by molar-refractivity contribution is 7.80. The molecule has 0 aliphatic carbocycles. The number of nitrogens with one attached hydrogen (secondary N) is 1. The SMILES string of the molecule is COCCNC(=S)OC/C=C(\C)CC/C=C(\C)CCC=C(C)C. The first-order chi connectivity index (χ1) is 11.0. The summed E-state index contributed by atoms with van der Waals surface area (Å²) >= 11 is 5.07. The Labute approximate surface area is 147 Å². The Morgan fingerprint density at radius 3 is 2.17 bits per heavy atom. The van der Waals surface area contributed by atoms with Gasteiger partial charge in [0, 0.05) is 13.7 Å². The molecular weight excluding hydrogens is 306 g/mol. The van der Waals surface area contributed by atoms with E-state index in [-0.39, 0.29) is 0 Å². The lowest BCUT2D eigenvalue weighted by molar-refractivity contribution is 0.201. The fraction of sp³-hybridized carbons (Fsp3) is 0.632. The lowest BCUT2D eigenvalue weighted by Gasteiger charge is -2.08. The van der Waals surface area contributed by atoms with Crippen LogP contribution in [0.4, 0.5) is 0 Å². The first-order valence-corrected chi connectivity index (χ1v) is 8.70. The van der Waals surface area contributed by atoms with E-state index in [9.17, 15) is 0 Å². The molecule has 1 N–H and O–H groups in total. The van der Waals surface area contributed by atoms with Gasteiger partial charge in [0.15, 0.2) is 0 Å². The van der Waals surface area contributed by atoms with Gasteiger partial charge in [0.05, 0.1) is 6.61 Å². The molecular formula is C19H33NO2S. The Morgan fingerprint density at radius 1 is 0.957 bits per heavy atom. The zero-order valence-corrected chi connectivity index (χ0v) is 16.2. The van der Waals surface area contributed by atoms with Crippen molar-refractivity contribution in [3.63, 3.8) is 0 Å². The third-order valence-electron chi connectivity index (χ3n) is 3.34. The molecule has 0 amide bonds. The van der Waals surface area contributed by atoms with E-state index in [4.69, 9.17) is 21.7 Å². The molecule has 0 fully saturated rings. The molecule has 0 aliphatic rings. The Balaban J connectivity index is 3.85. The second-order valence-corrected chi connectivity index (χ2v) is 6.35. The largest absolute Gasteiger partial charge is 0.467 e. The van der Waals surface area contributed by atoms with Crippen molar-refractivity contribution < 1.29 is 9.47 Å². The van der Waals surface area contributed by atoms with E-state index in [0.717, 1.165) is 25.7 Å². The molecule has 0 atom stereocenters. The van der Waals surface area contributed by atoms with Crippen LogP contribution in [0.5, 0.6) is 0 Å². The van der Waals surface area contributed by atoms with Gasteiger partial charge in [-0.25, -0.2) is 0 Å². The van der Waals surface area contributed by atoms with E-state index in [1.807, 2.05) is 0 Å². The molecule has 0 aromatic heterocycles. The van der Waals surface area contributed by atoms with Crippen molar-refractivity contribution in [2.45, 2.75) is 53.4 Å². The standard InChI is InChI=1S/C19H33NO2S/c1-16(2)8-6-9-17(3)10-7-11-18(4)12-14-22-19(23)20-13-15-21-5/h8,10,12H,6-7,9,11,13-15H2,1-5H3,(H,20,23)/b17-10+,18-12+. The highest BCUT2D eigenvalue weighted by atomic mass is 32.1. The normalized spacial score (nSPS) is 12.0. The van der Waals surface area contributed by atoms with Gasteiger partial charge in [-0.2, -0.15) is 0 Å². The fourth-order valence-corrected chi connectivity index (χ4v) is 2.07. The maximum atomic E-state index is 5.43. The van der Waals surface area contributed by atoms with Crippen LogP contribution < -0.4 is 5.32 Å². The van der Waals surface area contributed by atoms with Crippen molar-refractivity contribution in [2.24, 2.45) is 0 Å². The minimum Gasteiger partial charge on any atom is -0.467 e. The van der Waals surface area contributed by atoms with Crippen molar-refractivity contribution in [3.05, 3.63) is 34.9 Å². The van der Waals surface area contributed by atoms with E-state index in [0.29, 0.717) is 24.9 Å². The van der Waals surface area contributed by atoms with Crippen molar-refractivity contribution in [3.8, 4) is 0 Å². The minimum absolute atomic E-state index is 0.432. The summed E-state index contributed by atoms with van der Waals surface area (Å²) in [5.41, 5.74) is 4.19. The quantitative estimate of drug-likeness (QED) is 0.328. The van der Waals surface area contributed by atoms with Crippen LogP contribution in [-0.4, -0.2) is 32.0 Å². The van der Waals surface area contributed by atoms with E-state index in [2.05, 4.69) is 51.2 Å². The van der Waals surface area contributed by atoms with Crippen molar-refractivity contribution in [1.82, 2.24) is 5.32 Å². The average molecular weight is 340 g/mol. The number of thiocarbonyl (C=S) groups is 1. The number of ether oxygens (including phenoxy) is 2. The zero-order valence-electron chi connectivity index (χ0n) is 15.4. The summed E-state index contributed by atoms with van der Waals surface area (Å²) in [6.45, 7) is 10.5. The molecule has 0 bridgehead atoms. The lowest BCUT2D eigenvalue weighted by Crippen LogP contribution is -2.27. The molecule has 0 saturated carbocycles. The Bertz CT molecular complexity index is 421. The molecule has 0 heterocycles. The molecule has 132 valence electrons. The zero-order chi connectivity index (χ0) is 17.5. The maximum absolute atomic E-state index is 5.43. The predicted octanol–water partition coefficient (Wildman–Crippen LogP) is 4.94. The van der Waals surface area contributed by atoms with Crippen LogP contribution in [-0.2, 0) is 9.47 Å². The van der Waals surface area contributed by atoms with Crippen LogP contribution in [0.25, 0.3) is 0 Å². The summed E-state index contributed by atoms with van der Waals surface area (Å²) in [4.78, 5) is 0. The smallest absolute Gasteiger partial charge is 0.257 e. The molecule has 4 heteroatoms. The summed E-state index contributed by atoms with van der Waals surface area (Å²) in [6, 6.07) is 0. The topological polar surface area (TPSA) is 30.5 Å². The molecule has 0 unspecified atom stereocenters. The summed E-state index contributed by atoms with van der Waals surface area (Å²) in [5, 5.41) is 3.42. The average Bonchev–Trinajstić information content (AvgIpc) is 2.47. The number of allylic oxidation sites excluding steroid dienone is 5. The van der Waals surface area contributed by atoms with Gasteiger partial charge in [-0.3, -0.25) is 0 Å². The molecule has 23 heavy (non-hydrogen) atoms. The van der Waals surface area contributed by atoms with Crippen LogP contribution in [0.15, 0.2) is 34.9 Å². The third-order valence-corrected chi connectivity index (χ3v) is 3.61. The van der Waals surface area contributed by atoms with E-state index >= 15 is 0 Å². The summed E-state index contributed by atoms with van der Waals surface area (Å²) in [7, 11) is 1.66. The van der Waals surface area contributed by atoms with E-state index in [1.54, 1.807) is 7.11 Å². The Morgan fingerprint density at radius 2 is 1.57 bits per heavy atom. The Hall–Kier alpha value is -1.13. The molecule has 0 aliphatic heterocycles. The van der Waals surface area contributed by atoms with Gasteiger partial charge in [0.1, 0.15) is 6.61 Å². The summed E-state index contributed by atoms with van der Waals surface area (Å²) in [5.74, 6) is 0. The molecule has 0 radical (unpaired) electrons. The molecule has 3 nitrogen and oxygen atoms in total. The van der Waals surface area contributed by atoms with Gasteiger partial charge in [0.25, 0.3) is 5.17 Å². The van der Waals surface area contributed by atoms with Crippen LogP contribution in [0, 0.1) is 0 Å². The molecule has 0 aromatic carbocycles. The van der Waals surface area contributed by atoms with Gasteiger partial charge < -0.3 is 14.8 Å². The lowest BCUT2D eigenvalue weighted by atomic mass is 10.1. The van der Waals surface area contributed by atoms with Crippen LogP contribution in [0.2, 0.25) is 0 Å². The van der Waals surface area contributed by atoms with Crippen LogP contribution in [0.3, 0.4) is 0 Å². The summed E-state index contributed by atoms with van der Waals surface area (Å²) < 4.78 is 10.4. The molecule has 0 aromatic rings. The fourth-order valence-electron chi connectivity index (χ4n) is 1.90. The monoisotopic (exact) mass is 339 g/mol. The number of hydrogen-bond donors (Lipinski definition) is 1. The van der Waals surface area contributed by atoms with Crippen LogP contribution in [0.1, 0.15) is 53.4 Å². The number of methoxy groups -OCH3 is 1. The van der Waals surface area contributed by atoms with Crippen molar-refractivity contribution in [2.75, 3.05) is 26.9 Å². The molecule has 0 spiro atoms.